The van der Waals surface area contributed by atoms with Gasteiger partial charge in [0.05, 0.1) is 24.1 Å². The van der Waals surface area contributed by atoms with Gasteiger partial charge in [-0.25, -0.2) is 4.98 Å². The van der Waals surface area contributed by atoms with Crippen molar-refractivity contribution < 1.29 is 18.0 Å². The molecule has 1 amide bonds. The van der Waals surface area contributed by atoms with E-state index in [2.05, 4.69) is 10.3 Å². The number of aromatic nitrogens is 1. The number of nitrogens with one attached hydrogen (secondary N) is 1. The summed E-state index contributed by atoms with van der Waals surface area (Å²) in [5.74, 6) is -0.209. The van der Waals surface area contributed by atoms with Crippen LogP contribution in [0, 0.1) is 0 Å². The standard InChI is InChI=1S/C12H17F3N4O/c1-3-19(4-2)11(20)7-17-9-5-10(12(13,14)15)18-6-8(9)16/h5-6H,3-4,7,16H2,1-2H3,(H,17,18). The van der Waals surface area contributed by atoms with Gasteiger partial charge in [0, 0.05) is 13.1 Å². The zero-order valence-corrected chi connectivity index (χ0v) is 11.3. The summed E-state index contributed by atoms with van der Waals surface area (Å²) in [6, 6.07) is 0.796. The Labute approximate surface area is 115 Å². The van der Waals surface area contributed by atoms with Gasteiger partial charge in [0.1, 0.15) is 5.69 Å². The molecule has 5 nitrogen and oxygen atoms in total. The molecule has 0 aliphatic carbocycles. The maximum absolute atomic E-state index is 12.5. The summed E-state index contributed by atoms with van der Waals surface area (Å²) in [6.07, 6.45) is -3.62. The minimum absolute atomic E-state index is 0.0489. The van der Waals surface area contributed by atoms with E-state index in [1.54, 1.807) is 4.90 Å². The smallest absolute Gasteiger partial charge is 0.396 e. The summed E-state index contributed by atoms with van der Waals surface area (Å²) in [5.41, 5.74) is 4.60. The molecular weight excluding hydrogens is 273 g/mol. The molecule has 0 unspecified atom stereocenters. The molecular formula is C12H17F3N4O. The maximum atomic E-state index is 12.5. The van der Waals surface area contributed by atoms with Crippen molar-refractivity contribution in [2.45, 2.75) is 20.0 Å². The molecule has 0 spiro atoms. The molecule has 0 saturated heterocycles. The highest BCUT2D eigenvalue weighted by Crippen LogP contribution is 2.30. The lowest BCUT2D eigenvalue weighted by atomic mass is 10.2. The molecule has 0 aromatic carbocycles. The molecule has 20 heavy (non-hydrogen) atoms. The number of nitrogens with two attached hydrogens (primary N) is 1. The van der Waals surface area contributed by atoms with Gasteiger partial charge < -0.3 is 16.0 Å². The number of likely N-dealkylation sites (N-methyl/N-ethyl adjacent to an activating group) is 1. The first-order valence-corrected chi connectivity index (χ1v) is 6.13. The highest BCUT2D eigenvalue weighted by Gasteiger charge is 2.33. The number of hydrogen-bond donors (Lipinski definition) is 2. The first-order valence-electron chi connectivity index (χ1n) is 6.13. The Bertz CT molecular complexity index is 472. The fourth-order valence-corrected chi connectivity index (χ4v) is 1.63. The molecule has 112 valence electrons. The molecule has 0 fully saturated rings. The number of carbonyl (C=O) groups excluding carboxylic acids is 1. The Morgan fingerprint density at radius 1 is 1.40 bits per heavy atom. The number of hydrogen-bond acceptors (Lipinski definition) is 4. The highest BCUT2D eigenvalue weighted by molar-refractivity contribution is 5.82. The lowest BCUT2D eigenvalue weighted by Crippen LogP contribution is -2.35. The molecule has 0 atom stereocenters. The number of pyridine rings is 1. The van der Waals surface area contributed by atoms with Crippen LogP contribution in [-0.4, -0.2) is 35.4 Å². The molecule has 3 N–H and O–H groups in total. The number of anilines is 2. The first kappa shape index (κ1) is 16.1. The Balaban J connectivity index is 2.80. The summed E-state index contributed by atoms with van der Waals surface area (Å²) in [5, 5.41) is 2.62. The molecule has 1 aromatic heterocycles. The quantitative estimate of drug-likeness (QED) is 0.869. The third-order valence-corrected chi connectivity index (χ3v) is 2.77. The summed E-state index contributed by atoms with van der Waals surface area (Å²) in [6.45, 7) is 4.61. The van der Waals surface area contributed by atoms with Crippen LogP contribution in [0.2, 0.25) is 0 Å². The van der Waals surface area contributed by atoms with Crippen molar-refractivity contribution in [1.29, 1.82) is 0 Å². The van der Waals surface area contributed by atoms with Crippen molar-refractivity contribution in [2.75, 3.05) is 30.7 Å². The second kappa shape index (κ2) is 6.44. The van der Waals surface area contributed by atoms with Gasteiger partial charge in [0.25, 0.3) is 0 Å². The molecule has 1 rings (SSSR count). The van der Waals surface area contributed by atoms with E-state index in [0.717, 1.165) is 12.3 Å². The van der Waals surface area contributed by atoms with E-state index in [-0.39, 0.29) is 23.8 Å². The van der Waals surface area contributed by atoms with Crippen molar-refractivity contribution in [2.24, 2.45) is 0 Å². The van der Waals surface area contributed by atoms with E-state index >= 15 is 0 Å². The van der Waals surface area contributed by atoms with Gasteiger partial charge in [-0.3, -0.25) is 4.79 Å². The Morgan fingerprint density at radius 3 is 2.50 bits per heavy atom. The molecule has 0 saturated carbocycles. The van der Waals surface area contributed by atoms with Crippen LogP contribution in [0.25, 0.3) is 0 Å². The van der Waals surface area contributed by atoms with E-state index in [1.807, 2.05) is 13.8 Å². The Kier molecular flexibility index (Phi) is 5.18. The molecule has 0 radical (unpaired) electrons. The summed E-state index contributed by atoms with van der Waals surface area (Å²) < 4.78 is 37.6. The zero-order valence-electron chi connectivity index (χ0n) is 11.3. The van der Waals surface area contributed by atoms with Crippen molar-refractivity contribution >= 4 is 17.3 Å². The fraction of sp³-hybridized carbons (Fsp3) is 0.500. The van der Waals surface area contributed by atoms with E-state index in [1.165, 1.54) is 0 Å². The van der Waals surface area contributed by atoms with Gasteiger partial charge in [-0.15, -0.1) is 0 Å². The van der Waals surface area contributed by atoms with E-state index in [0.29, 0.717) is 13.1 Å². The SMILES string of the molecule is CCN(CC)C(=O)CNc1cc(C(F)(F)F)ncc1N. The van der Waals surface area contributed by atoms with Gasteiger partial charge >= 0.3 is 6.18 Å². The van der Waals surface area contributed by atoms with Crippen molar-refractivity contribution in [1.82, 2.24) is 9.88 Å². The number of rotatable bonds is 5. The van der Waals surface area contributed by atoms with Crippen molar-refractivity contribution in [3.63, 3.8) is 0 Å². The van der Waals surface area contributed by atoms with Gasteiger partial charge in [-0.2, -0.15) is 13.2 Å². The molecule has 0 aliphatic rings. The summed E-state index contributed by atoms with van der Waals surface area (Å²) in [7, 11) is 0. The van der Waals surface area contributed by atoms with Crippen LogP contribution in [0.5, 0.6) is 0 Å². The monoisotopic (exact) mass is 290 g/mol. The molecule has 8 heteroatoms. The van der Waals surface area contributed by atoms with Crippen LogP contribution in [0.3, 0.4) is 0 Å². The predicted molar refractivity (Wildman–Crippen MR) is 70.1 cm³/mol. The zero-order chi connectivity index (χ0) is 15.3. The summed E-state index contributed by atoms with van der Waals surface area (Å²) in [4.78, 5) is 16.5. The van der Waals surface area contributed by atoms with Gasteiger partial charge in [-0.05, 0) is 19.9 Å². The number of halogens is 3. The number of carbonyl (C=O) groups is 1. The van der Waals surface area contributed by atoms with Crippen molar-refractivity contribution in [3.05, 3.63) is 18.0 Å². The third kappa shape index (κ3) is 4.01. The number of nitrogens with zero attached hydrogens (tertiary/aromatic N) is 2. The minimum Gasteiger partial charge on any atom is -0.396 e. The fourth-order valence-electron chi connectivity index (χ4n) is 1.63. The van der Waals surface area contributed by atoms with Crippen LogP contribution in [-0.2, 0) is 11.0 Å². The first-order chi connectivity index (χ1) is 9.29. The number of amides is 1. The number of nitrogen functional groups attached to an aromatic ring is 1. The maximum Gasteiger partial charge on any atom is 0.433 e. The van der Waals surface area contributed by atoms with Crippen LogP contribution < -0.4 is 11.1 Å². The van der Waals surface area contributed by atoms with Crippen LogP contribution in [0.1, 0.15) is 19.5 Å². The largest absolute Gasteiger partial charge is 0.433 e. The van der Waals surface area contributed by atoms with E-state index in [4.69, 9.17) is 5.73 Å². The second-order valence-electron chi connectivity index (χ2n) is 4.07. The van der Waals surface area contributed by atoms with Crippen LogP contribution >= 0.6 is 0 Å². The molecule has 0 aliphatic heterocycles. The van der Waals surface area contributed by atoms with E-state index < -0.39 is 11.9 Å². The second-order valence-corrected chi connectivity index (χ2v) is 4.07. The number of alkyl halides is 3. The van der Waals surface area contributed by atoms with Gasteiger partial charge in [-0.1, -0.05) is 0 Å². The average Bonchev–Trinajstić information content (AvgIpc) is 2.37. The van der Waals surface area contributed by atoms with Crippen molar-refractivity contribution in [3.8, 4) is 0 Å². The Hall–Kier alpha value is -1.99. The van der Waals surface area contributed by atoms with E-state index in [9.17, 15) is 18.0 Å². The molecule has 1 aromatic rings. The summed E-state index contributed by atoms with van der Waals surface area (Å²) >= 11 is 0. The molecule has 1 heterocycles. The normalized spacial score (nSPS) is 11.2. The average molecular weight is 290 g/mol. The van der Waals surface area contributed by atoms with Gasteiger partial charge in [0.2, 0.25) is 5.91 Å². The van der Waals surface area contributed by atoms with Crippen LogP contribution in [0.15, 0.2) is 12.3 Å². The predicted octanol–water partition coefficient (Wildman–Crippen LogP) is 1.96. The van der Waals surface area contributed by atoms with Gasteiger partial charge in [0.15, 0.2) is 0 Å². The molecule has 0 bridgehead atoms. The lowest BCUT2D eigenvalue weighted by molar-refractivity contribution is -0.141. The third-order valence-electron chi connectivity index (χ3n) is 2.77. The minimum atomic E-state index is -4.55. The highest BCUT2D eigenvalue weighted by atomic mass is 19.4. The topological polar surface area (TPSA) is 71.2 Å². The van der Waals surface area contributed by atoms with Crippen LogP contribution in [0.4, 0.5) is 24.5 Å². The lowest BCUT2D eigenvalue weighted by Gasteiger charge is -2.19. The Morgan fingerprint density at radius 2 is 2.00 bits per heavy atom.